The standard InChI is InChI=1S/C14H19N3O2S/c1-9-7-5-6-8-10(9)11-12(16-17-13(11)15)14(2,3)20(4,18)19/h5-8H,1-4H3,(H3,15,16,17). The van der Waals surface area contributed by atoms with Crippen LogP contribution in [0.2, 0.25) is 0 Å². The first-order chi connectivity index (χ1) is 9.16. The number of hydrogen-bond acceptors (Lipinski definition) is 4. The predicted octanol–water partition coefficient (Wildman–Crippen LogP) is 2.25. The lowest BCUT2D eigenvalue weighted by atomic mass is 9.95. The Labute approximate surface area is 119 Å². The zero-order valence-corrected chi connectivity index (χ0v) is 12.9. The molecular weight excluding hydrogens is 274 g/mol. The molecule has 108 valence electrons. The average molecular weight is 293 g/mol. The van der Waals surface area contributed by atoms with Crippen molar-refractivity contribution in [2.24, 2.45) is 0 Å². The summed E-state index contributed by atoms with van der Waals surface area (Å²) in [7, 11) is -3.31. The minimum Gasteiger partial charge on any atom is -0.382 e. The van der Waals surface area contributed by atoms with Gasteiger partial charge in [-0.2, -0.15) is 5.10 Å². The molecule has 1 aromatic carbocycles. The number of nitrogen functional groups attached to an aromatic ring is 1. The van der Waals surface area contributed by atoms with Crippen LogP contribution in [0.5, 0.6) is 0 Å². The third kappa shape index (κ3) is 2.20. The quantitative estimate of drug-likeness (QED) is 0.908. The molecule has 0 aliphatic rings. The number of H-pyrrole nitrogens is 1. The summed E-state index contributed by atoms with van der Waals surface area (Å²) in [5.74, 6) is 0.311. The highest BCUT2D eigenvalue weighted by Gasteiger charge is 2.37. The molecule has 0 fully saturated rings. The van der Waals surface area contributed by atoms with Gasteiger partial charge in [0, 0.05) is 11.8 Å². The Morgan fingerprint density at radius 2 is 1.85 bits per heavy atom. The van der Waals surface area contributed by atoms with Crippen molar-refractivity contribution < 1.29 is 8.42 Å². The topological polar surface area (TPSA) is 88.8 Å². The van der Waals surface area contributed by atoms with Gasteiger partial charge < -0.3 is 5.73 Å². The summed E-state index contributed by atoms with van der Waals surface area (Å²) in [5.41, 5.74) is 9.04. The van der Waals surface area contributed by atoms with Crippen LogP contribution in [0.4, 0.5) is 5.82 Å². The second-order valence-corrected chi connectivity index (χ2v) is 8.02. The minimum absolute atomic E-state index is 0.311. The monoisotopic (exact) mass is 293 g/mol. The van der Waals surface area contributed by atoms with Gasteiger partial charge in [0.1, 0.15) is 4.75 Å². The number of nitrogens with two attached hydrogens (primary N) is 1. The lowest BCUT2D eigenvalue weighted by Gasteiger charge is -2.23. The summed E-state index contributed by atoms with van der Waals surface area (Å²) in [4.78, 5) is 0. The van der Waals surface area contributed by atoms with E-state index in [1.807, 2.05) is 31.2 Å². The Morgan fingerprint density at radius 1 is 1.25 bits per heavy atom. The van der Waals surface area contributed by atoms with Gasteiger partial charge in [0.25, 0.3) is 0 Å². The van der Waals surface area contributed by atoms with Crippen molar-refractivity contribution in [3.63, 3.8) is 0 Å². The Balaban J connectivity index is 2.75. The molecule has 3 N–H and O–H groups in total. The van der Waals surface area contributed by atoms with E-state index in [1.165, 1.54) is 6.26 Å². The molecule has 0 radical (unpaired) electrons. The highest BCUT2D eigenvalue weighted by molar-refractivity contribution is 7.91. The van der Waals surface area contributed by atoms with E-state index in [4.69, 9.17) is 5.73 Å². The second-order valence-electron chi connectivity index (χ2n) is 5.46. The van der Waals surface area contributed by atoms with Crippen LogP contribution < -0.4 is 5.73 Å². The summed E-state index contributed by atoms with van der Waals surface area (Å²) in [6.07, 6.45) is 1.21. The van der Waals surface area contributed by atoms with E-state index in [0.29, 0.717) is 17.1 Å². The number of anilines is 1. The SMILES string of the molecule is Cc1ccccc1-c1c(N)n[nH]c1C(C)(C)S(C)(=O)=O. The van der Waals surface area contributed by atoms with Crippen LogP contribution in [0.25, 0.3) is 11.1 Å². The number of hydrogen-bond donors (Lipinski definition) is 2. The number of nitrogens with one attached hydrogen (secondary N) is 1. The second kappa shape index (κ2) is 4.63. The fraction of sp³-hybridized carbons (Fsp3) is 0.357. The number of benzene rings is 1. The van der Waals surface area contributed by atoms with Gasteiger partial charge in [0.05, 0.1) is 5.69 Å². The highest BCUT2D eigenvalue weighted by atomic mass is 32.2. The number of aromatic amines is 1. The molecule has 2 aromatic rings. The molecule has 0 aliphatic carbocycles. The summed E-state index contributed by atoms with van der Waals surface area (Å²) in [6.45, 7) is 5.26. The molecule has 0 bridgehead atoms. The van der Waals surface area contributed by atoms with Gasteiger partial charge in [-0.1, -0.05) is 24.3 Å². The third-order valence-electron chi connectivity index (χ3n) is 3.74. The van der Waals surface area contributed by atoms with Gasteiger partial charge in [0.15, 0.2) is 15.7 Å². The van der Waals surface area contributed by atoms with E-state index in [-0.39, 0.29) is 0 Å². The molecule has 0 saturated heterocycles. The maximum absolute atomic E-state index is 12.0. The van der Waals surface area contributed by atoms with Crippen molar-refractivity contribution in [3.8, 4) is 11.1 Å². The van der Waals surface area contributed by atoms with Crippen LogP contribution in [-0.2, 0) is 14.6 Å². The van der Waals surface area contributed by atoms with E-state index in [1.54, 1.807) is 13.8 Å². The summed E-state index contributed by atoms with van der Waals surface area (Å²) >= 11 is 0. The fourth-order valence-electron chi connectivity index (χ4n) is 2.10. The number of nitrogens with zero attached hydrogens (tertiary/aromatic N) is 1. The molecule has 1 heterocycles. The Hall–Kier alpha value is -1.82. The zero-order chi connectivity index (χ0) is 15.1. The van der Waals surface area contributed by atoms with E-state index in [9.17, 15) is 8.42 Å². The van der Waals surface area contributed by atoms with Gasteiger partial charge >= 0.3 is 0 Å². The van der Waals surface area contributed by atoms with Gasteiger partial charge in [0.2, 0.25) is 0 Å². The van der Waals surface area contributed by atoms with Crippen LogP contribution in [0, 0.1) is 6.92 Å². The lowest BCUT2D eigenvalue weighted by molar-refractivity contribution is 0.556. The molecule has 0 aliphatic heterocycles. The third-order valence-corrected chi connectivity index (χ3v) is 5.80. The Morgan fingerprint density at radius 3 is 2.40 bits per heavy atom. The molecule has 5 nitrogen and oxygen atoms in total. The molecule has 0 saturated carbocycles. The summed E-state index contributed by atoms with van der Waals surface area (Å²) < 4.78 is 23.0. The minimum atomic E-state index is -3.31. The number of sulfone groups is 1. The van der Waals surface area contributed by atoms with E-state index in [2.05, 4.69) is 10.2 Å². The largest absolute Gasteiger partial charge is 0.382 e. The maximum atomic E-state index is 12.0. The summed E-state index contributed by atoms with van der Waals surface area (Å²) in [5, 5.41) is 6.79. The lowest BCUT2D eigenvalue weighted by Crippen LogP contribution is -2.29. The molecular formula is C14H19N3O2S. The van der Waals surface area contributed by atoms with Crippen LogP contribution in [-0.4, -0.2) is 24.9 Å². The van der Waals surface area contributed by atoms with Crippen molar-refractivity contribution in [3.05, 3.63) is 35.5 Å². The number of rotatable bonds is 3. The van der Waals surface area contributed by atoms with Gasteiger partial charge in [-0.3, -0.25) is 5.10 Å². The first kappa shape index (κ1) is 14.6. The average Bonchev–Trinajstić information content (AvgIpc) is 2.71. The molecule has 0 amide bonds. The Kier molecular flexibility index (Phi) is 3.37. The molecule has 2 rings (SSSR count). The molecule has 0 unspecified atom stereocenters. The molecule has 1 aromatic heterocycles. The van der Waals surface area contributed by atoms with Crippen molar-refractivity contribution in [1.29, 1.82) is 0 Å². The predicted molar refractivity (Wildman–Crippen MR) is 81.0 cm³/mol. The van der Waals surface area contributed by atoms with E-state index < -0.39 is 14.6 Å². The van der Waals surface area contributed by atoms with Crippen molar-refractivity contribution >= 4 is 15.7 Å². The molecule has 20 heavy (non-hydrogen) atoms. The molecule has 6 heteroatoms. The van der Waals surface area contributed by atoms with Gasteiger partial charge in [-0.15, -0.1) is 0 Å². The van der Waals surface area contributed by atoms with Crippen molar-refractivity contribution in [2.75, 3.05) is 12.0 Å². The first-order valence-corrected chi connectivity index (χ1v) is 8.15. The fourth-order valence-corrected chi connectivity index (χ4v) is 2.62. The van der Waals surface area contributed by atoms with E-state index >= 15 is 0 Å². The molecule has 0 atom stereocenters. The Bertz CT molecular complexity index is 746. The first-order valence-electron chi connectivity index (χ1n) is 6.26. The maximum Gasteiger partial charge on any atom is 0.158 e. The van der Waals surface area contributed by atoms with Crippen molar-refractivity contribution in [2.45, 2.75) is 25.5 Å². The summed E-state index contributed by atoms with van der Waals surface area (Å²) in [6, 6.07) is 7.69. The van der Waals surface area contributed by atoms with Crippen LogP contribution in [0.1, 0.15) is 25.1 Å². The zero-order valence-electron chi connectivity index (χ0n) is 12.1. The smallest absolute Gasteiger partial charge is 0.158 e. The van der Waals surface area contributed by atoms with Crippen LogP contribution in [0.15, 0.2) is 24.3 Å². The van der Waals surface area contributed by atoms with Crippen molar-refractivity contribution in [1.82, 2.24) is 10.2 Å². The van der Waals surface area contributed by atoms with Gasteiger partial charge in [-0.25, -0.2) is 8.42 Å². The normalized spacial score (nSPS) is 12.6. The highest BCUT2D eigenvalue weighted by Crippen LogP contribution is 2.39. The number of aromatic nitrogens is 2. The van der Waals surface area contributed by atoms with E-state index in [0.717, 1.165) is 11.1 Å². The van der Waals surface area contributed by atoms with Gasteiger partial charge in [-0.05, 0) is 31.9 Å². The number of aryl methyl sites for hydroxylation is 1. The molecule has 0 spiro atoms. The van der Waals surface area contributed by atoms with Crippen LogP contribution >= 0.6 is 0 Å². The van der Waals surface area contributed by atoms with Crippen LogP contribution in [0.3, 0.4) is 0 Å².